The molecule has 3 aliphatic heterocycles. The van der Waals surface area contributed by atoms with Crippen molar-refractivity contribution in [1.82, 2.24) is 0 Å². The van der Waals surface area contributed by atoms with Gasteiger partial charge < -0.3 is 24.1 Å². The zero-order chi connectivity index (χ0) is 24.3. The summed E-state index contributed by atoms with van der Waals surface area (Å²) in [6, 6.07) is 0. The van der Waals surface area contributed by atoms with Crippen LogP contribution in [0, 0.1) is 17.3 Å². The number of rotatable bonds is 12. The first kappa shape index (κ1) is 24.3. The van der Waals surface area contributed by atoms with E-state index in [1.54, 1.807) is 0 Å². The van der Waals surface area contributed by atoms with Gasteiger partial charge in [0, 0.05) is 12.3 Å². The Morgan fingerprint density at radius 1 is 1.12 bits per heavy atom. The zero-order valence-electron chi connectivity index (χ0n) is 20.8. The topological polar surface area (TPSA) is 97.9 Å². The molecule has 0 radical (unpaired) electrons. The van der Waals surface area contributed by atoms with Crippen molar-refractivity contribution in [2.75, 3.05) is 6.61 Å². The van der Waals surface area contributed by atoms with Gasteiger partial charge in [-0.1, -0.05) is 70.4 Å². The molecule has 5 aliphatic rings. The first-order valence-corrected chi connectivity index (χ1v) is 13.3. The Kier molecular flexibility index (Phi) is 6.13. The smallest absolute Gasteiger partial charge is 0.313 e. The highest BCUT2D eigenvalue weighted by Gasteiger charge is 2.95. The highest BCUT2D eigenvalue weighted by Crippen LogP contribution is 2.76. The Balaban J connectivity index is 1.25. The number of ether oxygens (including phenoxy) is 4. The van der Waals surface area contributed by atoms with Crippen LogP contribution < -0.4 is 0 Å². The van der Waals surface area contributed by atoms with E-state index in [-0.39, 0.29) is 12.1 Å². The van der Waals surface area contributed by atoms with Crippen LogP contribution in [0.1, 0.15) is 85.0 Å². The number of unbranched alkanes of at least 4 members (excludes halogenated alkanes) is 8. The van der Waals surface area contributed by atoms with Crippen molar-refractivity contribution in [1.29, 1.82) is 0 Å². The number of hydrogen-bond donors (Lipinski definition) is 1. The molecule has 34 heavy (non-hydrogen) atoms. The van der Waals surface area contributed by atoms with Gasteiger partial charge in [0.25, 0.3) is 0 Å². The molecule has 0 aromatic rings. The SMILES string of the molecule is C=C(C)C1C2OC(=O)C1C1(O)C3OC3C3(CO3)C1(C)C2OC(=O)CCCCCCCCCCC. The van der Waals surface area contributed by atoms with Gasteiger partial charge in [0.1, 0.15) is 29.5 Å². The first-order chi connectivity index (χ1) is 16.2. The van der Waals surface area contributed by atoms with E-state index in [9.17, 15) is 14.7 Å². The van der Waals surface area contributed by atoms with Crippen LogP contribution in [0.25, 0.3) is 0 Å². The fourth-order valence-electron chi connectivity index (χ4n) is 7.42. The Morgan fingerprint density at radius 2 is 1.74 bits per heavy atom. The monoisotopic (exact) mass is 476 g/mol. The van der Waals surface area contributed by atoms with Gasteiger partial charge in [0.15, 0.2) is 6.10 Å². The van der Waals surface area contributed by atoms with Gasteiger partial charge in [-0.2, -0.15) is 0 Å². The number of esters is 2. The van der Waals surface area contributed by atoms with Gasteiger partial charge in [-0.15, -0.1) is 0 Å². The van der Waals surface area contributed by atoms with Crippen LogP contribution in [0.3, 0.4) is 0 Å². The minimum Gasteiger partial charge on any atom is -0.458 e. The first-order valence-electron chi connectivity index (χ1n) is 13.3. The minimum absolute atomic E-state index is 0.279. The van der Waals surface area contributed by atoms with Crippen LogP contribution in [-0.2, 0) is 28.5 Å². The molecule has 0 aromatic carbocycles. The molecule has 0 aromatic heterocycles. The summed E-state index contributed by atoms with van der Waals surface area (Å²) in [7, 11) is 0. The van der Waals surface area contributed by atoms with E-state index in [0.717, 1.165) is 24.8 Å². The van der Waals surface area contributed by atoms with E-state index in [1.165, 1.54) is 38.5 Å². The lowest BCUT2D eigenvalue weighted by atomic mass is 9.52. The van der Waals surface area contributed by atoms with Crippen LogP contribution in [-0.4, -0.2) is 59.3 Å². The standard InChI is InChI=1S/C27H40O7/c1-5-6-7-8-9-10-11-12-13-14-17(28)32-21-20-18(16(2)3)19(24(29)33-20)27(30)23-22(34-23)26(15-31-26)25(21,27)4/h18-23,30H,2,5-15H2,1,3-4H3. The maximum Gasteiger partial charge on any atom is 0.313 e. The normalized spacial score (nSPS) is 45.0. The molecule has 9 atom stereocenters. The van der Waals surface area contributed by atoms with Crippen molar-refractivity contribution in [3.8, 4) is 0 Å². The molecule has 0 amide bonds. The van der Waals surface area contributed by atoms with E-state index in [4.69, 9.17) is 18.9 Å². The summed E-state index contributed by atoms with van der Waals surface area (Å²) in [5, 5.41) is 12.1. The molecule has 3 heterocycles. The van der Waals surface area contributed by atoms with Crippen molar-refractivity contribution in [2.24, 2.45) is 17.3 Å². The summed E-state index contributed by atoms with van der Waals surface area (Å²) < 4.78 is 23.6. The third-order valence-electron chi connectivity index (χ3n) is 9.42. The molecule has 2 bridgehead atoms. The fraction of sp³-hybridized carbons (Fsp3) is 0.852. The molecule has 2 aliphatic carbocycles. The number of carbonyl (C=O) groups is 2. The summed E-state index contributed by atoms with van der Waals surface area (Å²) in [4.78, 5) is 26.0. The Labute approximate surface area is 202 Å². The van der Waals surface area contributed by atoms with Crippen molar-refractivity contribution in [3.05, 3.63) is 12.2 Å². The number of aliphatic hydroxyl groups is 1. The van der Waals surface area contributed by atoms with E-state index < -0.39 is 52.7 Å². The second-order valence-corrected chi connectivity index (χ2v) is 11.4. The van der Waals surface area contributed by atoms with Gasteiger partial charge >= 0.3 is 11.9 Å². The molecule has 7 heteroatoms. The molecular weight excluding hydrogens is 436 g/mol. The van der Waals surface area contributed by atoms with E-state index in [0.29, 0.717) is 13.0 Å². The lowest BCUT2D eigenvalue weighted by molar-refractivity contribution is -0.242. The maximum absolute atomic E-state index is 13.0. The van der Waals surface area contributed by atoms with Crippen LogP contribution in [0.5, 0.6) is 0 Å². The molecular formula is C27H40O7. The summed E-state index contributed by atoms with van der Waals surface area (Å²) in [6.45, 7) is 10.4. The number of carbonyl (C=O) groups excluding carboxylic acids is 2. The summed E-state index contributed by atoms with van der Waals surface area (Å²) >= 11 is 0. The van der Waals surface area contributed by atoms with Gasteiger partial charge in [-0.25, -0.2) is 0 Å². The molecule has 1 spiro atoms. The second-order valence-electron chi connectivity index (χ2n) is 11.4. The third-order valence-corrected chi connectivity index (χ3v) is 9.42. The fourth-order valence-corrected chi connectivity index (χ4v) is 7.42. The summed E-state index contributed by atoms with van der Waals surface area (Å²) in [5.74, 6) is -1.98. The Morgan fingerprint density at radius 3 is 2.32 bits per heavy atom. The largest absolute Gasteiger partial charge is 0.458 e. The van der Waals surface area contributed by atoms with Gasteiger partial charge in [-0.05, 0) is 20.3 Å². The lowest BCUT2D eigenvalue weighted by Gasteiger charge is -2.54. The number of epoxide rings is 2. The average molecular weight is 477 g/mol. The van der Waals surface area contributed by atoms with Crippen LogP contribution in [0.2, 0.25) is 0 Å². The lowest BCUT2D eigenvalue weighted by Crippen LogP contribution is -2.71. The van der Waals surface area contributed by atoms with Crippen LogP contribution in [0.15, 0.2) is 12.2 Å². The molecule has 3 saturated heterocycles. The molecule has 2 saturated carbocycles. The molecule has 7 nitrogen and oxygen atoms in total. The van der Waals surface area contributed by atoms with E-state index in [2.05, 4.69) is 13.5 Å². The highest BCUT2D eigenvalue weighted by molar-refractivity contribution is 5.80. The summed E-state index contributed by atoms with van der Waals surface area (Å²) in [6.07, 6.45) is 8.58. The molecule has 5 fully saturated rings. The number of fused-ring (bicyclic) bond motifs is 8. The van der Waals surface area contributed by atoms with E-state index >= 15 is 0 Å². The van der Waals surface area contributed by atoms with Crippen LogP contribution in [0.4, 0.5) is 0 Å². The zero-order valence-corrected chi connectivity index (χ0v) is 20.8. The predicted molar refractivity (Wildman–Crippen MR) is 124 cm³/mol. The predicted octanol–water partition coefficient (Wildman–Crippen LogP) is 3.85. The minimum atomic E-state index is -1.52. The molecule has 1 N–H and O–H groups in total. The Bertz CT molecular complexity index is 850. The summed E-state index contributed by atoms with van der Waals surface area (Å²) in [5.41, 5.74) is -2.49. The van der Waals surface area contributed by atoms with Crippen molar-refractivity contribution < 1.29 is 33.6 Å². The van der Waals surface area contributed by atoms with Crippen LogP contribution >= 0.6 is 0 Å². The molecule has 5 rings (SSSR count). The maximum atomic E-state index is 13.0. The van der Waals surface area contributed by atoms with Crippen molar-refractivity contribution in [2.45, 2.75) is 121 Å². The van der Waals surface area contributed by atoms with Crippen molar-refractivity contribution in [3.63, 3.8) is 0 Å². The third kappa shape index (κ3) is 3.26. The van der Waals surface area contributed by atoms with E-state index in [1.807, 2.05) is 13.8 Å². The average Bonchev–Trinajstić information content (AvgIpc) is 3.69. The number of hydrogen-bond acceptors (Lipinski definition) is 7. The van der Waals surface area contributed by atoms with Gasteiger partial charge in [0.2, 0.25) is 0 Å². The van der Waals surface area contributed by atoms with Crippen molar-refractivity contribution >= 4 is 11.9 Å². The Hall–Kier alpha value is -1.44. The molecule has 9 unspecified atom stereocenters. The second kappa shape index (κ2) is 8.59. The van der Waals surface area contributed by atoms with Gasteiger partial charge in [0.05, 0.1) is 17.9 Å². The highest BCUT2D eigenvalue weighted by atomic mass is 16.7. The van der Waals surface area contributed by atoms with Gasteiger partial charge in [-0.3, -0.25) is 9.59 Å². The quantitative estimate of drug-likeness (QED) is 0.198. The molecule has 190 valence electrons.